The van der Waals surface area contributed by atoms with Crippen molar-refractivity contribution in [1.29, 1.82) is 0 Å². The first-order valence-corrected chi connectivity index (χ1v) is 10.5. The summed E-state index contributed by atoms with van der Waals surface area (Å²) in [5, 5.41) is 5.92. The van der Waals surface area contributed by atoms with Crippen LogP contribution in [0.5, 0.6) is 0 Å². The zero-order valence-corrected chi connectivity index (χ0v) is 15.8. The third-order valence-corrected chi connectivity index (χ3v) is 6.36. The number of carbonyl (C=O) groups is 1. The Bertz CT molecular complexity index is 638. The summed E-state index contributed by atoms with van der Waals surface area (Å²) >= 11 is 0. The highest BCUT2D eigenvalue weighted by Crippen LogP contribution is 2.21. The van der Waals surface area contributed by atoms with Crippen molar-refractivity contribution in [2.45, 2.75) is 43.4 Å². The Labute approximate surface area is 151 Å². The zero-order chi connectivity index (χ0) is 18.1. The fourth-order valence-corrected chi connectivity index (χ4v) is 4.44. The lowest BCUT2D eigenvalue weighted by Crippen LogP contribution is -2.35. The first-order chi connectivity index (χ1) is 12.0. The predicted molar refractivity (Wildman–Crippen MR) is 98.9 cm³/mol. The summed E-state index contributed by atoms with van der Waals surface area (Å²) in [4.78, 5) is 12.1. The van der Waals surface area contributed by atoms with E-state index < -0.39 is 10.0 Å². The molecule has 1 fully saturated rings. The molecule has 1 aliphatic heterocycles. The van der Waals surface area contributed by atoms with Gasteiger partial charge in [0.1, 0.15) is 0 Å². The highest BCUT2D eigenvalue weighted by atomic mass is 32.2. The van der Waals surface area contributed by atoms with E-state index in [1.54, 1.807) is 16.4 Å². The molecule has 0 spiro atoms. The van der Waals surface area contributed by atoms with Gasteiger partial charge in [-0.15, -0.1) is 0 Å². The van der Waals surface area contributed by atoms with Crippen LogP contribution in [0, 0.1) is 0 Å². The average Bonchev–Trinajstić information content (AvgIpc) is 2.64. The molecule has 0 radical (unpaired) electrons. The van der Waals surface area contributed by atoms with E-state index in [1.807, 2.05) is 19.2 Å². The summed E-state index contributed by atoms with van der Waals surface area (Å²) in [7, 11) is -1.49. The maximum Gasteiger partial charge on any atom is 0.243 e. The molecule has 1 heterocycles. The van der Waals surface area contributed by atoms with E-state index in [9.17, 15) is 13.2 Å². The maximum atomic E-state index is 12.6. The Morgan fingerprint density at radius 3 is 2.40 bits per heavy atom. The van der Waals surface area contributed by atoms with Crippen molar-refractivity contribution < 1.29 is 13.2 Å². The third kappa shape index (κ3) is 6.09. The Kier molecular flexibility index (Phi) is 7.87. The van der Waals surface area contributed by atoms with Crippen LogP contribution in [-0.4, -0.2) is 51.9 Å². The minimum absolute atomic E-state index is 0.0288. The molecule has 2 N–H and O–H groups in total. The monoisotopic (exact) mass is 367 g/mol. The molecule has 0 aromatic heterocycles. The third-order valence-electron chi connectivity index (χ3n) is 4.44. The molecule has 140 valence electrons. The van der Waals surface area contributed by atoms with Gasteiger partial charge in [-0.1, -0.05) is 18.6 Å². The van der Waals surface area contributed by atoms with E-state index in [1.165, 1.54) is 0 Å². The van der Waals surface area contributed by atoms with E-state index in [4.69, 9.17) is 0 Å². The van der Waals surface area contributed by atoms with Gasteiger partial charge in [0.15, 0.2) is 0 Å². The van der Waals surface area contributed by atoms with Crippen LogP contribution in [-0.2, 0) is 21.2 Å². The van der Waals surface area contributed by atoms with Gasteiger partial charge in [-0.05, 0) is 57.0 Å². The van der Waals surface area contributed by atoms with Gasteiger partial charge in [-0.2, -0.15) is 4.31 Å². The van der Waals surface area contributed by atoms with Gasteiger partial charge in [0.05, 0.1) is 4.90 Å². The molecule has 1 aromatic rings. The van der Waals surface area contributed by atoms with Gasteiger partial charge >= 0.3 is 0 Å². The van der Waals surface area contributed by atoms with Crippen LogP contribution in [0.25, 0.3) is 0 Å². The Morgan fingerprint density at radius 2 is 1.76 bits per heavy atom. The second-order valence-electron chi connectivity index (χ2n) is 6.42. The molecule has 0 unspecified atom stereocenters. The number of benzene rings is 1. The first-order valence-electron chi connectivity index (χ1n) is 9.04. The van der Waals surface area contributed by atoms with Gasteiger partial charge < -0.3 is 10.6 Å². The lowest BCUT2D eigenvalue weighted by molar-refractivity contribution is -0.121. The van der Waals surface area contributed by atoms with E-state index in [-0.39, 0.29) is 5.91 Å². The number of hydrogen-bond acceptors (Lipinski definition) is 4. The minimum Gasteiger partial charge on any atom is -0.356 e. The second-order valence-corrected chi connectivity index (χ2v) is 8.35. The standard InChI is InChI=1S/C18H29N3O3S/c1-19-12-5-13-20-18(22)11-8-16-6-9-17(10-7-16)25(23,24)21-14-3-2-4-15-21/h6-7,9-10,19H,2-5,8,11-15H2,1H3,(H,20,22). The summed E-state index contributed by atoms with van der Waals surface area (Å²) < 4.78 is 26.8. The average molecular weight is 368 g/mol. The molecular weight excluding hydrogens is 338 g/mol. The molecule has 0 atom stereocenters. The minimum atomic E-state index is -3.38. The van der Waals surface area contributed by atoms with Crippen LogP contribution in [0.15, 0.2) is 29.2 Å². The molecule has 1 saturated heterocycles. The molecule has 1 aliphatic rings. The number of hydrogen-bond donors (Lipinski definition) is 2. The molecule has 6 nitrogen and oxygen atoms in total. The summed E-state index contributed by atoms with van der Waals surface area (Å²) in [5.41, 5.74) is 0.975. The molecule has 1 aromatic carbocycles. The van der Waals surface area contributed by atoms with E-state index >= 15 is 0 Å². The molecule has 25 heavy (non-hydrogen) atoms. The van der Waals surface area contributed by atoms with Crippen molar-refractivity contribution in [3.05, 3.63) is 29.8 Å². The van der Waals surface area contributed by atoms with Crippen molar-refractivity contribution in [2.24, 2.45) is 0 Å². The zero-order valence-electron chi connectivity index (χ0n) is 15.0. The summed E-state index contributed by atoms with van der Waals surface area (Å²) in [6.07, 6.45) is 4.90. The second kappa shape index (κ2) is 9.89. The topological polar surface area (TPSA) is 78.5 Å². The van der Waals surface area contributed by atoms with E-state index in [2.05, 4.69) is 10.6 Å². The Morgan fingerprint density at radius 1 is 1.08 bits per heavy atom. The van der Waals surface area contributed by atoms with Gasteiger partial charge in [0, 0.05) is 26.1 Å². The number of nitrogens with zero attached hydrogens (tertiary/aromatic N) is 1. The predicted octanol–water partition coefficient (Wildman–Crippen LogP) is 1.52. The van der Waals surface area contributed by atoms with Crippen molar-refractivity contribution in [3.63, 3.8) is 0 Å². The van der Waals surface area contributed by atoms with E-state index in [0.717, 1.165) is 37.8 Å². The number of nitrogens with one attached hydrogen (secondary N) is 2. The first kappa shape index (κ1) is 19.9. The molecule has 2 rings (SSSR count). The number of sulfonamides is 1. The summed E-state index contributed by atoms with van der Waals surface area (Å²) in [6.45, 7) is 2.77. The van der Waals surface area contributed by atoms with Crippen LogP contribution >= 0.6 is 0 Å². The quantitative estimate of drug-likeness (QED) is 0.649. The van der Waals surface area contributed by atoms with Gasteiger partial charge in [0.25, 0.3) is 0 Å². The highest BCUT2D eigenvalue weighted by molar-refractivity contribution is 7.89. The van der Waals surface area contributed by atoms with Crippen molar-refractivity contribution in [1.82, 2.24) is 14.9 Å². The fraction of sp³-hybridized carbons (Fsp3) is 0.611. The Balaban J connectivity index is 1.84. The fourth-order valence-electron chi connectivity index (χ4n) is 2.92. The number of rotatable bonds is 9. The highest BCUT2D eigenvalue weighted by Gasteiger charge is 2.25. The van der Waals surface area contributed by atoms with Crippen molar-refractivity contribution in [3.8, 4) is 0 Å². The lowest BCUT2D eigenvalue weighted by Gasteiger charge is -2.25. The summed E-state index contributed by atoms with van der Waals surface area (Å²) in [6, 6.07) is 6.93. The molecule has 0 bridgehead atoms. The van der Waals surface area contributed by atoms with Crippen LogP contribution in [0.1, 0.15) is 37.7 Å². The number of amides is 1. The molecule has 0 aliphatic carbocycles. The molecule has 7 heteroatoms. The van der Waals surface area contributed by atoms with Gasteiger partial charge in [-0.25, -0.2) is 8.42 Å². The lowest BCUT2D eigenvalue weighted by atomic mass is 10.1. The van der Waals surface area contributed by atoms with Crippen LogP contribution in [0.2, 0.25) is 0 Å². The number of aryl methyl sites for hydroxylation is 1. The van der Waals surface area contributed by atoms with E-state index in [0.29, 0.717) is 37.4 Å². The van der Waals surface area contributed by atoms with Crippen LogP contribution in [0.3, 0.4) is 0 Å². The largest absolute Gasteiger partial charge is 0.356 e. The number of carbonyl (C=O) groups excluding carboxylic acids is 1. The van der Waals surface area contributed by atoms with Crippen molar-refractivity contribution in [2.75, 3.05) is 33.2 Å². The van der Waals surface area contributed by atoms with Crippen LogP contribution < -0.4 is 10.6 Å². The Hall–Kier alpha value is -1.44. The van der Waals surface area contributed by atoms with Gasteiger partial charge in [-0.3, -0.25) is 4.79 Å². The van der Waals surface area contributed by atoms with Crippen LogP contribution in [0.4, 0.5) is 0 Å². The maximum absolute atomic E-state index is 12.6. The van der Waals surface area contributed by atoms with Gasteiger partial charge in [0.2, 0.25) is 15.9 Å². The SMILES string of the molecule is CNCCCNC(=O)CCc1ccc(S(=O)(=O)N2CCCCC2)cc1. The molecule has 1 amide bonds. The number of piperidine rings is 1. The summed E-state index contributed by atoms with van der Waals surface area (Å²) in [5.74, 6) is 0.0288. The normalized spacial score (nSPS) is 15.9. The van der Waals surface area contributed by atoms with Crippen molar-refractivity contribution >= 4 is 15.9 Å². The molecule has 0 saturated carbocycles. The molecular formula is C18H29N3O3S. The smallest absolute Gasteiger partial charge is 0.243 e.